The quantitative estimate of drug-likeness (QED) is 0.701. The maximum absolute atomic E-state index is 12.2. The standard InChI is InChI=1S/C19H16ClN3O/c1-13-7-8-14(20)11-18(13)22-16-9-10-17(21-12-16)19(24)23-15-5-3-2-4-6-15/h2-12,22H,1H3,(H,23,24). The monoisotopic (exact) mass is 337 g/mol. The molecule has 5 heteroatoms. The van der Waals surface area contributed by atoms with E-state index in [2.05, 4.69) is 15.6 Å². The van der Waals surface area contributed by atoms with E-state index in [1.165, 1.54) is 0 Å². The van der Waals surface area contributed by atoms with Gasteiger partial charge in [-0.3, -0.25) is 4.79 Å². The lowest BCUT2D eigenvalue weighted by atomic mass is 10.2. The highest BCUT2D eigenvalue weighted by Gasteiger charge is 2.08. The minimum absolute atomic E-state index is 0.244. The first-order valence-corrected chi connectivity index (χ1v) is 7.85. The molecule has 3 aromatic rings. The van der Waals surface area contributed by atoms with Gasteiger partial charge in [0.25, 0.3) is 5.91 Å². The summed E-state index contributed by atoms with van der Waals surface area (Å²) in [4.78, 5) is 16.4. The van der Waals surface area contributed by atoms with Crippen molar-refractivity contribution in [2.24, 2.45) is 0 Å². The van der Waals surface area contributed by atoms with E-state index in [0.717, 1.165) is 22.6 Å². The maximum atomic E-state index is 12.2. The Kier molecular flexibility index (Phi) is 4.77. The molecule has 0 aliphatic carbocycles. The van der Waals surface area contributed by atoms with Crippen LogP contribution in [0, 0.1) is 6.92 Å². The van der Waals surface area contributed by atoms with Gasteiger partial charge in [0.1, 0.15) is 5.69 Å². The second-order valence-corrected chi connectivity index (χ2v) is 5.77. The van der Waals surface area contributed by atoms with E-state index >= 15 is 0 Å². The van der Waals surface area contributed by atoms with Gasteiger partial charge < -0.3 is 10.6 Å². The fourth-order valence-electron chi connectivity index (χ4n) is 2.20. The van der Waals surface area contributed by atoms with Crippen molar-refractivity contribution in [2.75, 3.05) is 10.6 Å². The SMILES string of the molecule is Cc1ccc(Cl)cc1Nc1ccc(C(=O)Nc2ccccc2)nc1. The zero-order chi connectivity index (χ0) is 16.9. The number of aromatic nitrogens is 1. The van der Waals surface area contributed by atoms with Crippen molar-refractivity contribution in [2.45, 2.75) is 6.92 Å². The number of aryl methyl sites for hydroxylation is 1. The molecule has 0 fully saturated rings. The molecular formula is C19H16ClN3O. The zero-order valence-corrected chi connectivity index (χ0v) is 13.8. The van der Waals surface area contributed by atoms with E-state index in [9.17, 15) is 4.79 Å². The van der Waals surface area contributed by atoms with Crippen molar-refractivity contribution in [3.8, 4) is 0 Å². The number of para-hydroxylation sites is 1. The molecule has 0 aliphatic rings. The average Bonchev–Trinajstić information content (AvgIpc) is 2.60. The van der Waals surface area contributed by atoms with Crippen LogP contribution in [0.3, 0.4) is 0 Å². The Morgan fingerprint density at radius 3 is 2.50 bits per heavy atom. The van der Waals surface area contributed by atoms with Crippen LogP contribution in [0.5, 0.6) is 0 Å². The van der Waals surface area contributed by atoms with Crippen molar-refractivity contribution in [3.63, 3.8) is 0 Å². The third-order valence-corrected chi connectivity index (χ3v) is 3.74. The van der Waals surface area contributed by atoms with E-state index in [-0.39, 0.29) is 5.91 Å². The van der Waals surface area contributed by atoms with E-state index < -0.39 is 0 Å². The number of pyridine rings is 1. The molecule has 1 aromatic heterocycles. The number of nitrogens with one attached hydrogen (secondary N) is 2. The van der Waals surface area contributed by atoms with Gasteiger partial charge in [0, 0.05) is 16.4 Å². The number of amides is 1. The average molecular weight is 338 g/mol. The molecule has 4 nitrogen and oxygen atoms in total. The lowest BCUT2D eigenvalue weighted by molar-refractivity contribution is 0.102. The normalized spacial score (nSPS) is 10.2. The Morgan fingerprint density at radius 1 is 1.00 bits per heavy atom. The number of nitrogens with zero attached hydrogens (tertiary/aromatic N) is 1. The van der Waals surface area contributed by atoms with E-state index in [1.54, 1.807) is 12.3 Å². The Bertz CT molecular complexity index is 848. The molecule has 0 bridgehead atoms. The highest BCUT2D eigenvalue weighted by molar-refractivity contribution is 6.30. The molecule has 120 valence electrons. The van der Waals surface area contributed by atoms with Crippen molar-refractivity contribution in [3.05, 3.63) is 83.1 Å². The maximum Gasteiger partial charge on any atom is 0.274 e. The topological polar surface area (TPSA) is 54.0 Å². The Labute approximate surface area is 145 Å². The zero-order valence-electron chi connectivity index (χ0n) is 13.1. The summed E-state index contributed by atoms with van der Waals surface area (Å²) < 4.78 is 0. The summed E-state index contributed by atoms with van der Waals surface area (Å²) in [5.74, 6) is -0.244. The smallest absolute Gasteiger partial charge is 0.274 e. The number of rotatable bonds is 4. The molecule has 2 aromatic carbocycles. The molecule has 0 radical (unpaired) electrons. The van der Waals surface area contributed by atoms with Crippen molar-refractivity contribution >= 4 is 34.6 Å². The summed E-state index contributed by atoms with van der Waals surface area (Å²) >= 11 is 6.02. The number of anilines is 3. The van der Waals surface area contributed by atoms with Gasteiger partial charge in [0.15, 0.2) is 0 Å². The van der Waals surface area contributed by atoms with Gasteiger partial charge in [0.05, 0.1) is 11.9 Å². The van der Waals surface area contributed by atoms with Gasteiger partial charge >= 0.3 is 0 Å². The number of hydrogen-bond donors (Lipinski definition) is 2. The van der Waals surface area contributed by atoms with Crippen molar-refractivity contribution in [1.82, 2.24) is 4.98 Å². The summed E-state index contributed by atoms with van der Waals surface area (Å²) in [6, 6.07) is 18.4. The molecule has 0 atom stereocenters. The molecular weight excluding hydrogens is 322 g/mol. The summed E-state index contributed by atoms with van der Waals surface area (Å²) in [6.07, 6.45) is 1.63. The van der Waals surface area contributed by atoms with Crippen LogP contribution in [0.15, 0.2) is 66.9 Å². The third-order valence-electron chi connectivity index (χ3n) is 3.51. The van der Waals surface area contributed by atoms with Gasteiger partial charge in [-0.05, 0) is 48.9 Å². The summed E-state index contributed by atoms with van der Waals surface area (Å²) in [5.41, 5.74) is 3.86. The Hall–Kier alpha value is -2.85. The van der Waals surface area contributed by atoms with Crippen LogP contribution in [0.4, 0.5) is 17.1 Å². The van der Waals surface area contributed by atoms with Crippen LogP contribution in [0.1, 0.15) is 16.1 Å². The van der Waals surface area contributed by atoms with Crippen LogP contribution < -0.4 is 10.6 Å². The van der Waals surface area contributed by atoms with Gasteiger partial charge in [0.2, 0.25) is 0 Å². The molecule has 3 rings (SSSR count). The molecule has 0 spiro atoms. The van der Waals surface area contributed by atoms with Gasteiger partial charge in [-0.2, -0.15) is 0 Å². The first-order chi connectivity index (χ1) is 11.6. The molecule has 0 saturated heterocycles. The van der Waals surface area contributed by atoms with Crippen LogP contribution in [-0.2, 0) is 0 Å². The third kappa shape index (κ3) is 3.91. The molecule has 0 saturated carbocycles. The van der Waals surface area contributed by atoms with Crippen LogP contribution in [-0.4, -0.2) is 10.9 Å². The van der Waals surface area contributed by atoms with E-state index in [1.807, 2.05) is 61.5 Å². The lowest BCUT2D eigenvalue weighted by Crippen LogP contribution is -2.13. The molecule has 0 unspecified atom stereocenters. The largest absolute Gasteiger partial charge is 0.354 e. The number of hydrogen-bond acceptors (Lipinski definition) is 3. The fourth-order valence-corrected chi connectivity index (χ4v) is 2.38. The molecule has 2 N–H and O–H groups in total. The predicted octanol–water partition coefficient (Wildman–Crippen LogP) is 5.04. The Balaban J connectivity index is 1.71. The van der Waals surface area contributed by atoms with Gasteiger partial charge in [-0.25, -0.2) is 4.98 Å². The highest BCUT2D eigenvalue weighted by atomic mass is 35.5. The molecule has 24 heavy (non-hydrogen) atoms. The van der Waals surface area contributed by atoms with Crippen molar-refractivity contribution in [1.29, 1.82) is 0 Å². The summed E-state index contributed by atoms with van der Waals surface area (Å²) in [7, 11) is 0. The minimum Gasteiger partial charge on any atom is -0.354 e. The van der Waals surface area contributed by atoms with Gasteiger partial charge in [-0.15, -0.1) is 0 Å². The molecule has 1 amide bonds. The summed E-state index contributed by atoms with van der Waals surface area (Å²) in [6.45, 7) is 1.99. The van der Waals surface area contributed by atoms with Crippen LogP contribution >= 0.6 is 11.6 Å². The fraction of sp³-hybridized carbons (Fsp3) is 0.0526. The van der Waals surface area contributed by atoms with Gasteiger partial charge in [-0.1, -0.05) is 35.9 Å². The molecule has 0 aliphatic heterocycles. The summed E-state index contributed by atoms with van der Waals surface area (Å²) in [5, 5.41) is 6.72. The number of carbonyl (C=O) groups excluding carboxylic acids is 1. The number of benzene rings is 2. The van der Waals surface area contributed by atoms with E-state index in [0.29, 0.717) is 10.7 Å². The predicted molar refractivity (Wildman–Crippen MR) is 98.1 cm³/mol. The molecule has 1 heterocycles. The number of carbonyl (C=O) groups is 1. The first-order valence-electron chi connectivity index (χ1n) is 7.47. The minimum atomic E-state index is -0.244. The van der Waals surface area contributed by atoms with Crippen LogP contribution in [0.25, 0.3) is 0 Å². The first kappa shape index (κ1) is 16.0. The highest BCUT2D eigenvalue weighted by Crippen LogP contribution is 2.24. The Morgan fingerprint density at radius 2 is 1.79 bits per heavy atom. The second-order valence-electron chi connectivity index (χ2n) is 5.34. The second kappa shape index (κ2) is 7.15. The van der Waals surface area contributed by atoms with Crippen molar-refractivity contribution < 1.29 is 4.79 Å². The number of halogens is 1. The van der Waals surface area contributed by atoms with E-state index in [4.69, 9.17) is 11.6 Å². The van der Waals surface area contributed by atoms with Crippen LogP contribution in [0.2, 0.25) is 5.02 Å². The lowest BCUT2D eigenvalue weighted by Gasteiger charge is -2.10.